The number of carbonyl (C=O) groups excluding carboxylic acids is 2. The maximum Gasteiger partial charge on any atom is 0.325 e. The lowest BCUT2D eigenvalue weighted by Gasteiger charge is -2.59. The lowest BCUT2D eigenvalue weighted by atomic mass is 9.50. The summed E-state index contributed by atoms with van der Waals surface area (Å²) in [6, 6.07) is 0. The van der Waals surface area contributed by atoms with Crippen molar-refractivity contribution < 1.29 is 14.3 Å². The summed E-state index contributed by atoms with van der Waals surface area (Å²) in [5.74, 6) is 2.11. The lowest BCUT2D eigenvalue weighted by Crippen LogP contribution is -2.58. The van der Waals surface area contributed by atoms with E-state index >= 15 is 0 Å². The van der Waals surface area contributed by atoms with Crippen LogP contribution >= 0.6 is 0 Å². The summed E-state index contributed by atoms with van der Waals surface area (Å²) in [6.07, 6.45) is 6.19. The Morgan fingerprint density at radius 2 is 1.67 bits per heavy atom. The van der Waals surface area contributed by atoms with Crippen LogP contribution in [0.1, 0.15) is 46.0 Å². The van der Waals surface area contributed by atoms with Gasteiger partial charge in [0.15, 0.2) is 0 Å². The molecule has 0 atom stereocenters. The fourth-order valence-corrected chi connectivity index (χ4v) is 4.87. The normalized spacial score (nSPS) is 39.9. The summed E-state index contributed by atoms with van der Waals surface area (Å²) in [5, 5.41) is 2.56. The minimum absolute atomic E-state index is 0.0619. The number of ether oxygens (including phenoxy) is 1. The molecule has 4 rings (SSSR count). The van der Waals surface area contributed by atoms with Crippen LogP contribution in [-0.2, 0) is 14.3 Å². The van der Waals surface area contributed by atoms with Crippen LogP contribution in [0.3, 0.4) is 0 Å². The van der Waals surface area contributed by atoms with E-state index < -0.39 is 0 Å². The Hall–Kier alpha value is -1.32. The number of esters is 1. The molecule has 4 fully saturated rings. The van der Waals surface area contributed by atoms with Crippen LogP contribution in [-0.4, -0.2) is 24.0 Å². The van der Waals surface area contributed by atoms with Gasteiger partial charge in [-0.2, -0.15) is 0 Å². The van der Waals surface area contributed by atoms with Crippen molar-refractivity contribution in [1.82, 2.24) is 5.32 Å². The zero-order chi connectivity index (χ0) is 15.2. The second-order valence-corrected chi connectivity index (χ2v) is 7.43. The zero-order valence-electron chi connectivity index (χ0n) is 13.0. The Labute approximate surface area is 126 Å². The van der Waals surface area contributed by atoms with E-state index in [-0.39, 0.29) is 24.0 Å². The first kappa shape index (κ1) is 14.6. The van der Waals surface area contributed by atoms with E-state index in [1.165, 1.54) is 32.1 Å². The monoisotopic (exact) mass is 291 g/mol. The molecule has 1 amide bonds. The number of carbonyl (C=O) groups is 2. The largest absolute Gasteiger partial charge is 0.457 e. The first-order valence-corrected chi connectivity index (χ1v) is 8.04. The number of rotatable bonds is 4. The molecule has 0 unspecified atom stereocenters. The summed E-state index contributed by atoms with van der Waals surface area (Å²) in [7, 11) is 0. The summed E-state index contributed by atoms with van der Waals surface area (Å²) in [4.78, 5) is 23.5. The maximum atomic E-state index is 12.1. The second-order valence-electron chi connectivity index (χ2n) is 7.43. The summed E-state index contributed by atoms with van der Waals surface area (Å²) < 4.78 is 5.86. The standard InChI is InChI=1S/C17H25NO3/c1-10(2)16(20)18-9-15(19)21-17(3)13-5-11-4-12(7-13)8-14(17)6-11/h11-14H,1,4-9H2,2-3H3,(H,18,20). The van der Waals surface area contributed by atoms with E-state index in [0.29, 0.717) is 17.4 Å². The molecule has 4 heteroatoms. The van der Waals surface area contributed by atoms with Gasteiger partial charge in [0.05, 0.1) is 0 Å². The molecular formula is C17H25NO3. The predicted molar refractivity (Wildman–Crippen MR) is 79.4 cm³/mol. The molecule has 0 aromatic rings. The van der Waals surface area contributed by atoms with Crippen LogP contribution < -0.4 is 5.32 Å². The van der Waals surface area contributed by atoms with E-state index in [2.05, 4.69) is 18.8 Å². The first-order chi connectivity index (χ1) is 9.88. The van der Waals surface area contributed by atoms with Crippen molar-refractivity contribution in [2.45, 2.75) is 51.6 Å². The number of nitrogens with one attached hydrogen (secondary N) is 1. The van der Waals surface area contributed by atoms with Gasteiger partial charge in [0.2, 0.25) is 5.91 Å². The third-order valence-corrected chi connectivity index (χ3v) is 5.87. The molecule has 0 radical (unpaired) electrons. The molecule has 0 aromatic carbocycles. The minimum Gasteiger partial charge on any atom is -0.457 e. The van der Waals surface area contributed by atoms with Crippen molar-refractivity contribution in [3.8, 4) is 0 Å². The van der Waals surface area contributed by atoms with Crippen LogP contribution in [0.5, 0.6) is 0 Å². The maximum absolute atomic E-state index is 12.1. The van der Waals surface area contributed by atoms with Gasteiger partial charge in [0.1, 0.15) is 12.1 Å². The fourth-order valence-electron chi connectivity index (χ4n) is 4.87. The molecule has 4 bridgehead atoms. The van der Waals surface area contributed by atoms with Crippen molar-refractivity contribution in [2.24, 2.45) is 23.7 Å². The van der Waals surface area contributed by atoms with Crippen LogP contribution in [0.2, 0.25) is 0 Å². The van der Waals surface area contributed by atoms with E-state index in [9.17, 15) is 9.59 Å². The van der Waals surface area contributed by atoms with Gasteiger partial charge < -0.3 is 10.1 Å². The van der Waals surface area contributed by atoms with Crippen LogP contribution in [0.15, 0.2) is 12.2 Å². The smallest absolute Gasteiger partial charge is 0.325 e. The van der Waals surface area contributed by atoms with Crippen LogP contribution in [0.25, 0.3) is 0 Å². The van der Waals surface area contributed by atoms with Gasteiger partial charge in [-0.3, -0.25) is 9.59 Å². The molecular weight excluding hydrogens is 266 g/mol. The predicted octanol–water partition coefficient (Wildman–Crippen LogP) is 2.44. The first-order valence-electron chi connectivity index (χ1n) is 8.04. The number of amides is 1. The van der Waals surface area contributed by atoms with Crippen molar-refractivity contribution in [1.29, 1.82) is 0 Å². The number of hydrogen-bond donors (Lipinski definition) is 1. The van der Waals surface area contributed by atoms with Gasteiger partial charge in [0, 0.05) is 5.57 Å². The van der Waals surface area contributed by atoms with Gasteiger partial charge in [-0.15, -0.1) is 0 Å². The van der Waals surface area contributed by atoms with E-state index in [1.807, 2.05) is 0 Å². The molecule has 0 spiro atoms. The third kappa shape index (κ3) is 2.60. The molecule has 21 heavy (non-hydrogen) atoms. The highest BCUT2D eigenvalue weighted by molar-refractivity contribution is 5.94. The topological polar surface area (TPSA) is 55.4 Å². The van der Waals surface area contributed by atoms with Gasteiger partial charge in [-0.25, -0.2) is 0 Å². The van der Waals surface area contributed by atoms with Gasteiger partial charge in [-0.1, -0.05) is 6.58 Å². The molecule has 0 aromatic heterocycles. The Morgan fingerprint density at radius 3 is 2.14 bits per heavy atom. The highest BCUT2D eigenvalue weighted by Crippen LogP contribution is 2.59. The molecule has 0 aliphatic heterocycles. The molecule has 1 N–H and O–H groups in total. The summed E-state index contributed by atoms with van der Waals surface area (Å²) in [6.45, 7) is 7.23. The van der Waals surface area contributed by atoms with Crippen LogP contribution in [0.4, 0.5) is 0 Å². The molecule has 4 aliphatic carbocycles. The zero-order valence-corrected chi connectivity index (χ0v) is 13.0. The molecule has 4 aliphatic rings. The highest BCUT2D eigenvalue weighted by Gasteiger charge is 2.56. The summed E-state index contributed by atoms with van der Waals surface area (Å²) >= 11 is 0. The van der Waals surface area contributed by atoms with Gasteiger partial charge in [-0.05, 0) is 69.6 Å². The van der Waals surface area contributed by atoms with Crippen LogP contribution in [0, 0.1) is 23.7 Å². The van der Waals surface area contributed by atoms with Crippen molar-refractivity contribution >= 4 is 11.9 Å². The van der Waals surface area contributed by atoms with E-state index in [1.54, 1.807) is 6.92 Å². The van der Waals surface area contributed by atoms with E-state index in [0.717, 1.165) is 11.8 Å². The molecule has 0 saturated heterocycles. The Kier molecular flexibility index (Phi) is 3.58. The molecule has 4 nitrogen and oxygen atoms in total. The van der Waals surface area contributed by atoms with E-state index in [4.69, 9.17) is 4.74 Å². The third-order valence-electron chi connectivity index (χ3n) is 5.87. The average Bonchev–Trinajstić information content (AvgIpc) is 2.41. The Bertz CT molecular complexity index is 454. The van der Waals surface area contributed by atoms with Gasteiger partial charge >= 0.3 is 5.97 Å². The fraction of sp³-hybridized carbons (Fsp3) is 0.765. The minimum atomic E-state index is -0.321. The van der Waals surface area contributed by atoms with Gasteiger partial charge in [0.25, 0.3) is 0 Å². The Balaban J connectivity index is 1.60. The van der Waals surface area contributed by atoms with Crippen molar-refractivity contribution in [3.63, 3.8) is 0 Å². The molecule has 0 heterocycles. The quantitative estimate of drug-likeness (QED) is 0.639. The summed E-state index contributed by atoms with van der Waals surface area (Å²) in [5.41, 5.74) is 0.0852. The lowest BCUT2D eigenvalue weighted by molar-refractivity contribution is -0.202. The Morgan fingerprint density at radius 1 is 1.14 bits per heavy atom. The average molecular weight is 291 g/mol. The molecule has 116 valence electrons. The molecule has 4 saturated carbocycles. The number of hydrogen-bond acceptors (Lipinski definition) is 3. The van der Waals surface area contributed by atoms with Crippen molar-refractivity contribution in [2.75, 3.05) is 6.54 Å². The van der Waals surface area contributed by atoms with Crippen molar-refractivity contribution in [3.05, 3.63) is 12.2 Å². The second kappa shape index (κ2) is 5.15. The highest BCUT2D eigenvalue weighted by atomic mass is 16.6. The SMILES string of the molecule is C=C(C)C(=O)NCC(=O)OC1(C)C2CC3CC(C2)CC1C3.